The average molecular weight is 306 g/mol. The van der Waals surface area contributed by atoms with Crippen molar-refractivity contribution < 1.29 is 19.4 Å². The van der Waals surface area contributed by atoms with Crippen LogP contribution in [0.25, 0.3) is 0 Å². The first-order chi connectivity index (χ1) is 10.3. The van der Waals surface area contributed by atoms with Crippen molar-refractivity contribution >= 4 is 5.97 Å². The molecule has 0 spiro atoms. The van der Waals surface area contributed by atoms with Gasteiger partial charge in [-0.05, 0) is 36.3 Å². The number of rotatable bonds is 6. The maximum absolute atomic E-state index is 11.3. The highest BCUT2D eigenvalue weighted by Crippen LogP contribution is 2.50. The summed E-state index contributed by atoms with van der Waals surface area (Å²) in [5, 5.41) is 9.27. The van der Waals surface area contributed by atoms with Crippen molar-refractivity contribution in [1.29, 1.82) is 0 Å². The van der Waals surface area contributed by atoms with Crippen LogP contribution in [0.3, 0.4) is 0 Å². The van der Waals surface area contributed by atoms with E-state index in [1.54, 1.807) is 14.2 Å². The van der Waals surface area contributed by atoms with Crippen molar-refractivity contribution in [3.05, 3.63) is 23.3 Å². The molecule has 0 radical (unpaired) electrons. The van der Waals surface area contributed by atoms with E-state index >= 15 is 0 Å². The van der Waals surface area contributed by atoms with Crippen molar-refractivity contribution in [2.45, 2.75) is 51.4 Å². The number of hydrogen-bond acceptors (Lipinski definition) is 3. The summed E-state index contributed by atoms with van der Waals surface area (Å²) in [6.45, 7) is 6.37. The molecule has 4 nitrogen and oxygen atoms in total. The first-order valence-electron chi connectivity index (χ1n) is 7.76. The van der Waals surface area contributed by atoms with Crippen LogP contribution in [0.15, 0.2) is 12.1 Å². The largest absolute Gasteiger partial charge is 0.497 e. The minimum atomic E-state index is -0.765. The van der Waals surface area contributed by atoms with Gasteiger partial charge in [0.2, 0.25) is 0 Å². The van der Waals surface area contributed by atoms with E-state index in [1.165, 1.54) is 0 Å². The molecule has 0 aliphatic heterocycles. The van der Waals surface area contributed by atoms with Crippen molar-refractivity contribution in [2.75, 3.05) is 14.2 Å². The molecule has 1 fully saturated rings. The van der Waals surface area contributed by atoms with E-state index in [-0.39, 0.29) is 17.8 Å². The number of carbonyl (C=O) groups is 1. The summed E-state index contributed by atoms with van der Waals surface area (Å²) in [6.07, 6.45) is 2.31. The van der Waals surface area contributed by atoms with Crippen LogP contribution in [0.1, 0.15) is 57.1 Å². The Labute approximate surface area is 132 Å². The summed E-state index contributed by atoms with van der Waals surface area (Å²) in [5.41, 5.74) is 1.92. The molecule has 1 atom stereocenters. The molecule has 4 heteroatoms. The molecule has 1 N–H and O–H groups in total. The highest BCUT2D eigenvalue weighted by atomic mass is 16.5. The molecule has 0 saturated heterocycles. The first kappa shape index (κ1) is 16.7. The molecule has 1 aromatic carbocycles. The zero-order valence-corrected chi connectivity index (χ0v) is 14.1. The summed E-state index contributed by atoms with van der Waals surface area (Å²) in [7, 11) is 3.30. The highest BCUT2D eigenvalue weighted by Gasteiger charge is 2.37. The average Bonchev–Trinajstić information content (AvgIpc) is 3.26. The lowest BCUT2D eigenvalue weighted by Gasteiger charge is -2.27. The molecule has 2 rings (SSSR count). The van der Waals surface area contributed by atoms with Gasteiger partial charge in [-0.15, -0.1) is 0 Å². The zero-order chi connectivity index (χ0) is 16.5. The van der Waals surface area contributed by atoms with Crippen molar-refractivity contribution in [2.24, 2.45) is 5.92 Å². The molecule has 1 aromatic rings. The maximum Gasteiger partial charge on any atom is 0.303 e. The second-order valence-electron chi connectivity index (χ2n) is 7.09. The molecule has 0 bridgehead atoms. The van der Waals surface area contributed by atoms with E-state index in [0.29, 0.717) is 5.92 Å². The van der Waals surface area contributed by atoms with Crippen LogP contribution in [0.5, 0.6) is 11.5 Å². The van der Waals surface area contributed by atoms with Crippen LogP contribution in [0.2, 0.25) is 0 Å². The first-order valence-corrected chi connectivity index (χ1v) is 7.76. The van der Waals surface area contributed by atoms with E-state index in [9.17, 15) is 9.90 Å². The Kier molecular flexibility index (Phi) is 4.69. The Morgan fingerprint density at radius 2 is 1.91 bits per heavy atom. The second kappa shape index (κ2) is 6.19. The van der Waals surface area contributed by atoms with E-state index < -0.39 is 5.97 Å². The van der Waals surface area contributed by atoms with Gasteiger partial charge < -0.3 is 14.6 Å². The Morgan fingerprint density at radius 3 is 2.32 bits per heavy atom. The number of methoxy groups -OCH3 is 2. The van der Waals surface area contributed by atoms with Gasteiger partial charge in [-0.25, -0.2) is 0 Å². The highest BCUT2D eigenvalue weighted by molar-refractivity contribution is 5.69. The van der Waals surface area contributed by atoms with Crippen LogP contribution in [0, 0.1) is 5.92 Å². The summed E-state index contributed by atoms with van der Waals surface area (Å²) >= 11 is 0. The fourth-order valence-corrected chi connectivity index (χ4v) is 3.02. The standard InChI is InChI=1S/C18H26O4/c1-18(2,3)15-9-12(21-4)8-14(17(15)22-5)13(10-16(19)20)11-6-7-11/h8-9,11,13H,6-7,10H2,1-5H3,(H,19,20). The third kappa shape index (κ3) is 3.54. The van der Waals surface area contributed by atoms with E-state index in [2.05, 4.69) is 20.8 Å². The van der Waals surface area contributed by atoms with Crippen molar-refractivity contribution in [3.63, 3.8) is 0 Å². The molecule has 122 valence electrons. The quantitative estimate of drug-likeness (QED) is 0.864. The second-order valence-corrected chi connectivity index (χ2v) is 7.09. The van der Waals surface area contributed by atoms with Crippen molar-refractivity contribution in [3.8, 4) is 11.5 Å². The van der Waals surface area contributed by atoms with Gasteiger partial charge in [0.15, 0.2) is 0 Å². The van der Waals surface area contributed by atoms with E-state index in [4.69, 9.17) is 9.47 Å². The van der Waals surface area contributed by atoms with Gasteiger partial charge in [-0.1, -0.05) is 20.8 Å². The molecular weight excluding hydrogens is 280 g/mol. The lowest BCUT2D eigenvalue weighted by Crippen LogP contribution is -2.17. The number of carboxylic acids is 1. The van der Waals surface area contributed by atoms with Crippen LogP contribution in [-0.2, 0) is 10.2 Å². The third-order valence-corrected chi connectivity index (χ3v) is 4.32. The SMILES string of the molecule is COc1cc(C(CC(=O)O)C2CC2)c(OC)c(C(C)(C)C)c1. The smallest absolute Gasteiger partial charge is 0.303 e. The molecule has 1 unspecified atom stereocenters. The monoisotopic (exact) mass is 306 g/mol. The minimum absolute atomic E-state index is 0.0105. The predicted octanol–water partition coefficient (Wildman–Crippen LogP) is 3.97. The molecule has 1 aliphatic carbocycles. The fourth-order valence-electron chi connectivity index (χ4n) is 3.02. The predicted molar refractivity (Wildman–Crippen MR) is 86.0 cm³/mol. The van der Waals surface area contributed by atoms with Gasteiger partial charge in [-0.3, -0.25) is 4.79 Å². The van der Waals surface area contributed by atoms with Gasteiger partial charge in [0, 0.05) is 17.0 Å². The lowest BCUT2D eigenvalue weighted by atomic mass is 9.81. The zero-order valence-electron chi connectivity index (χ0n) is 14.1. The Balaban J connectivity index is 2.58. The van der Waals surface area contributed by atoms with Crippen LogP contribution >= 0.6 is 0 Å². The molecular formula is C18H26O4. The maximum atomic E-state index is 11.3. The van der Waals surface area contributed by atoms with Crippen LogP contribution in [0.4, 0.5) is 0 Å². The number of benzene rings is 1. The Morgan fingerprint density at radius 1 is 1.27 bits per heavy atom. The van der Waals surface area contributed by atoms with E-state index in [1.807, 2.05) is 12.1 Å². The van der Waals surface area contributed by atoms with Gasteiger partial charge in [0.1, 0.15) is 11.5 Å². The minimum Gasteiger partial charge on any atom is -0.497 e. The summed E-state index contributed by atoms with van der Waals surface area (Å²) in [4.78, 5) is 11.3. The summed E-state index contributed by atoms with van der Waals surface area (Å²) in [5.74, 6) is 1.23. The number of ether oxygens (including phenoxy) is 2. The third-order valence-electron chi connectivity index (χ3n) is 4.32. The fraction of sp³-hybridized carbons (Fsp3) is 0.611. The van der Waals surface area contributed by atoms with Gasteiger partial charge in [0.05, 0.1) is 20.6 Å². The normalized spacial score (nSPS) is 16.2. The van der Waals surface area contributed by atoms with Crippen LogP contribution < -0.4 is 9.47 Å². The van der Waals surface area contributed by atoms with Gasteiger partial charge in [0.25, 0.3) is 0 Å². The van der Waals surface area contributed by atoms with Gasteiger partial charge in [-0.2, -0.15) is 0 Å². The summed E-state index contributed by atoms with van der Waals surface area (Å²) < 4.78 is 11.1. The van der Waals surface area contributed by atoms with E-state index in [0.717, 1.165) is 35.5 Å². The number of carboxylic acid groups (broad SMARTS) is 1. The Hall–Kier alpha value is -1.71. The number of aliphatic carboxylic acids is 1. The molecule has 0 aromatic heterocycles. The molecule has 1 saturated carbocycles. The van der Waals surface area contributed by atoms with Crippen LogP contribution in [-0.4, -0.2) is 25.3 Å². The summed E-state index contributed by atoms with van der Waals surface area (Å²) in [6, 6.07) is 3.94. The molecule has 1 aliphatic rings. The topological polar surface area (TPSA) is 55.8 Å². The molecule has 0 heterocycles. The Bertz CT molecular complexity index is 553. The number of hydrogen-bond donors (Lipinski definition) is 1. The van der Waals surface area contributed by atoms with Gasteiger partial charge >= 0.3 is 5.97 Å². The van der Waals surface area contributed by atoms with Crippen molar-refractivity contribution in [1.82, 2.24) is 0 Å². The molecule has 0 amide bonds. The molecule has 22 heavy (non-hydrogen) atoms. The lowest BCUT2D eigenvalue weighted by molar-refractivity contribution is -0.137.